The summed E-state index contributed by atoms with van der Waals surface area (Å²) < 4.78 is 43.3. The first kappa shape index (κ1) is 14.6. The molecule has 2 unspecified atom stereocenters. The summed E-state index contributed by atoms with van der Waals surface area (Å²) in [5.41, 5.74) is -0.409. The van der Waals surface area contributed by atoms with E-state index in [4.69, 9.17) is 9.84 Å². The van der Waals surface area contributed by atoms with E-state index < -0.39 is 29.7 Å². The van der Waals surface area contributed by atoms with Crippen molar-refractivity contribution in [1.82, 2.24) is 5.32 Å². The van der Waals surface area contributed by atoms with Gasteiger partial charge in [0.05, 0.1) is 18.6 Å². The fraction of sp³-hybridized carbons (Fsp3) is 0.462. The first-order valence-corrected chi connectivity index (χ1v) is 6.03. The summed E-state index contributed by atoms with van der Waals surface area (Å²) in [6, 6.07) is 3.04. The number of benzene rings is 1. The molecule has 110 valence electrons. The molecule has 4 nitrogen and oxygen atoms in total. The van der Waals surface area contributed by atoms with E-state index in [2.05, 4.69) is 5.32 Å². The van der Waals surface area contributed by atoms with Gasteiger partial charge in [-0.15, -0.1) is 0 Å². The van der Waals surface area contributed by atoms with Crippen molar-refractivity contribution in [3.63, 3.8) is 0 Å². The normalized spacial score (nSPS) is 22.8. The SMILES string of the molecule is COc1cc(C2CC(C(=O)O)CN2)cc(C(F)(F)F)c1. The third kappa shape index (κ3) is 3.04. The van der Waals surface area contributed by atoms with Gasteiger partial charge in [-0.25, -0.2) is 0 Å². The van der Waals surface area contributed by atoms with Crippen molar-refractivity contribution in [2.75, 3.05) is 13.7 Å². The Kier molecular flexibility index (Phi) is 3.89. The average Bonchev–Trinajstić information content (AvgIpc) is 2.87. The molecule has 1 aromatic carbocycles. The molecule has 0 spiro atoms. The minimum absolute atomic E-state index is 0.107. The molecule has 7 heteroatoms. The Morgan fingerprint density at radius 3 is 2.60 bits per heavy atom. The zero-order chi connectivity index (χ0) is 14.9. The first-order valence-electron chi connectivity index (χ1n) is 6.03. The van der Waals surface area contributed by atoms with E-state index in [-0.39, 0.29) is 18.7 Å². The van der Waals surface area contributed by atoms with Crippen LogP contribution in [0.15, 0.2) is 18.2 Å². The second-order valence-electron chi connectivity index (χ2n) is 4.72. The number of halogens is 3. The van der Waals surface area contributed by atoms with Crippen molar-refractivity contribution in [3.05, 3.63) is 29.3 Å². The number of carbonyl (C=O) groups is 1. The van der Waals surface area contributed by atoms with Crippen LogP contribution in [0.3, 0.4) is 0 Å². The molecule has 2 N–H and O–H groups in total. The second kappa shape index (κ2) is 5.32. The minimum atomic E-state index is -4.46. The highest BCUT2D eigenvalue weighted by molar-refractivity contribution is 5.70. The number of carboxylic acids is 1. The largest absolute Gasteiger partial charge is 0.497 e. The molecule has 1 aliphatic rings. The molecular formula is C13H14F3NO3. The summed E-state index contributed by atoms with van der Waals surface area (Å²) >= 11 is 0. The molecule has 2 rings (SSSR count). The molecular weight excluding hydrogens is 275 g/mol. The Morgan fingerprint density at radius 2 is 2.10 bits per heavy atom. The molecule has 0 aromatic heterocycles. The van der Waals surface area contributed by atoms with Gasteiger partial charge >= 0.3 is 12.1 Å². The number of rotatable bonds is 3. The van der Waals surface area contributed by atoms with Gasteiger partial charge in [0.15, 0.2) is 0 Å². The maximum absolute atomic E-state index is 12.8. The summed E-state index contributed by atoms with van der Waals surface area (Å²) in [6.07, 6.45) is -4.20. The summed E-state index contributed by atoms with van der Waals surface area (Å²) in [4.78, 5) is 10.9. The monoisotopic (exact) mass is 289 g/mol. The van der Waals surface area contributed by atoms with E-state index in [1.807, 2.05) is 0 Å². The van der Waals surface area contributed by atoms with E-state index in [9.17, 15) is 18.0 Å². The highest BCUT2D eigenvalue weighted by Crippen LogP contribution is 2.36. The molecule has 0 bridgehead atoms. The average molecular weight is 289 g/mol. The summed E-state index contributed by atoms with van der Waals surface area (Å²) in [5.74, 6) is -1.42. The molecule has 1 aromatic rings. The molecule has 1 saturated heterocycles. The quantitative estimate of drug-likeness (QED) is 0.897. The Hall–Kier alpha value is -1.76. The van der Waals surface area contributed by atoms with Crippen LogP contribution in [0.4, 0.5) is 13.2 Å². The van der Waals surface area contributed by atoms with Crippen molar-refractivity contribution >= 4 is 5.97 Å². The van der Waals surface area contributed by atoms with Crippen LogP contribution in [0.1, 0.15) is 23.6 Å². The van der Waals surface area contributed by atoms with Crippen LogP contribution in [-0.2, 0) is 11.0 Å². The van der Waals surface area contributed by atoms with Crippen LogP contribution in [-0.4, -0.2) is 24.7 Å². The Bertz CT molecular complexity index is 516. The van der Waals surface area contributed by atoms with E-state index in [0.29, 0.717) is 5.56 Å². The second-order valence-corrected chi connectivity index (χ2v) is 4.72. The number of ether oxygens (including phenoxy) is 1. The van der Waals surface area contributed by atoms with E-state index in [1.165, 1.54) is 13.2 Å². The molecule has 2 atom stereocenters. The van der Waals surface area contributed by atoms with Crippen molar-refractivity contribution in [2.24, 2.45) is 5.92 Å². The van der Waals surface area contributed by atoms with Crippen molar-refractivity contribution in [3.8, 4) is 5.75 Å². The number of hydrogen-bond acceptors (Lipinski definition) is 3. The van der Waals surface area contributed by atoms with Gasteiger partial charge in [0.25, 0.3) is 0 Å². The summed E-state index contributed by atoms with van der Waals surface area (Å²) in [7, 11) is 1.29. The lowest BCUT2D eigenvalue weighted by Crippen LogP contribution is -2.17. The number of alkyl halides is 3. The van der Waals surface area contributed by atoms with Gasteiger partial charge < -0.3 is 15.2 Å². The smallest absolute Gasteiger partial charge is 0.416 e. The molecule has 0 radical (unpaired) electrons. The number of hydrogen-bond donors (Lipinski definition) is 2. The highest BCUT2D eigenvalue weighted by Gasteiger charge is 2.34. The number of nitrogens with one attached hydrogen (secondary N) is 1. The van der Waals surface area contributed by atoms with E-state index >= 15 is 0 Å². The molecule has 20 heavy (non-hydrogen) atoms. The standard InChI is InChI=1S/C13H14F3NO3/c1-20-10-3-7(2-9(5-10)13(14,15)16)11-4-8(6-17-11)12(18)19/h2-3,5,8,11,17H,4,6H2,1H3,(H,18,19). The molecule has 0 saturated carbocycles. The number of carboxylic acid groups (broad SMARTS) is 1. The lowest BCUT2D eigenvalue weighted by Gasteiger charge is -2.16. The number of methoxy groups -OCH3 is 1. The fourth-order valence-electron chi connectivity index (χ4n) is 2.28. The van der Waals surface area contributed by atoms with Gasteiger partial charge in [0, 0.05) is 12.6 Å². The van der Waals surface area contributed by atoms with Gasteiger partial charge in [0.1, 0.15) is 5.75 Å². The lowest BCUT2D eigenvalue weighted by molar-refractivity contribution is -0.141. The third-order valence-electron chi connectivity index (χ3n) is 3.37. The van der Waals surface area contributed by atoms with Gasteiger partial charge in [0.2, 0.25) is 0 Å². The molecule has 0 aliphatic carbocycles. The van der Waals surface area contributed by atoms with Crippen molar-refractivity contribution in [1.29, 1.82) is 0 Å². The Labute approximate surface area is 113 Å². The van der Waals surface area contributed by atoms with Crippen LogP contribution < -0.4 is 10.1 Å². The van der Waals surface area contributed by atoms with Crippen LogP contribution >= 0.6 is 0 Å². The Morgan fingerprint density at radius 1 is 1.40 bits per heavy atom. The highest BCUT2D eigenvalue weighted by atomic mass is 19.4. The first-order chi connectivity index (χ1) is 9.31. The van der Waals surface area contributed by atoms with Gasteiger partial charge in [-0.2, -0.15) is 13.2 Å². The van der Waals surface area contributed by atoms with Gasteiger partial charge in [-0.3, -0.25) is 4.79 Å². The predicted octanol–water partition coefficient (Wildman–Crippen LogP) is 2.45. The number of aliphatic carboxylic acids is 1. The minimum Gasteiger partial charge on any atom is -0.497 e. The van der Waals surface area contributed by atoms with Crippen molar-refractivity contribution in [2.45, 2.75) is 18.6 Å². The maximum Gasteiger partial charge on any atom is 0.416 e. The zero-order valence-corrected chi connectivity index (χ0v) is 10.7. The lowest BCUT2D eigenvalue weighted by atomic mass is 9.98. The molecule has 1 fully saturated rings. The summed E-state index contributed by atoms with van der Waals surface area (Å²) in [6.45, 7) is 0.249. The van der Waals surface area contributed by atoms with E-state index in [1.54, 1.807) is 0 Å². The topological polar surface area (TPSA) is 58.6 Å². The van der Waals surface area contributed by atoms with Crippen LogP contribution in [0, 0.1) is 5.92 Å². The maximum atomic E-state index is 12.8. The van der Waals surface area contributed by atoms with Crippen molar-refractivity contribution < 1.29 is 27.8 Å². The Balaban J connectivity index is 2.30. The molecule has 0 amide bonds. The molecule has 1 aliphatic heterocycles. The zero-order valence-electron chi connectivity index (χ0n) is 10.7. The van der Waals surface area contributed by atoms with Crippen LogP contribution in [0.5, 0.6) is 5.75 Å². The fourth-order valence-corrected chi connectivity index (χ4v) is 2.28. The third-order valence-corrected chi connectivity index (χ3v) is 3.37. The summed E-state index contributed by atoms with van der Waals surface area (Å²) in [5, 5.41) is 11.8. The van der Waals surface area contributed by atoms with E-state index in [0.717, 1.165) is 12.1 Å². The van der Waals surface area contributed by atoms with Crippen LogP contribution in [0.25, 0.3) is 0 Å². The predicted molar refractivity (Wildman–Crippen MR) is 64.5 cm³/mol. The molecule has 1 heterocycles. The van der Waals surface area contributed by atoms with Crippen LogP contribution in [0.2, 0.25) is 0 Å². The van der Waals surface area contributed by atoms with Gasteiger partial charge in [-0.05, 0) is 30.2 Å². The van der Waals surface area contributed by atoms with Gasteiger partial charge in [-0.1, -0.05) is 0 Å².